The van der Waals surface area contributed by atoms with Crippen LogP contribution in [0.3, 0.4) is 0 Å². The average Bonchev–Trinajstić information content (AvgIpc) is 3.48. The van der Waals surface area contributed by atoms with Crippen LogP contribution in [0.4, 0.5) is 15.9 Å². The van der Waals surface area contributed by atoms with Crippen LogP contribution in [0.2, 0.25) is 5.02 Å². The Morgan fingerprint density at radius 3 is 2.91 bits per heavy atom. The van der Waals surface area contributed by atoms with Gasteiger partial charge in [-0.1, -0.05) is 11.6 Å². The molecule has 1 N–H and O–H groups in total. The second kappa shape index (κ2) is 9.90. The molecule has 1 aromatic heterocycles. The molecule has 1 atom stereocenters. The van der Waals surface area contributed by atoms with Gasteiger partial charge in [0.25, 0.3) is 0 Å². The summed E-state index contributed by atoms with van der Waals surface area (Å²) < 4.78 is 30.8. The quantitative estimate of drug-likeness (QED) is 0.446. The summed E-state index contributed by atoms with van der Waals surface area (Å²) in [6.45, 7) is 5.61. The SMILES string of the molecule is COc1cc2ncnc(Nc3ccc(F)c(Cl)c3)c2cc1OCCCN1CCC2(CCOC2)C1. The van der Waals surface area contributed by atoms with Gasteiger partial charge in [-0.25, -0.2) is 14.4 Å². The Labute approximate surface area is 203 Å². The Morgan fingerprint density at radius 2 is 2.12 bits per heavy atom. The Kier molecular flexibility index (Phi) is 6.72. The Bertz CT molecular complexity index is 1170. The summed E-state index contributed by atoms with van der Waals surface area (Å²) in [5.41, 5.74) is 1.71. The molecule has 0 radical (unpaired) electrons. The second-order valence-corrected chi connectivity index (χ2v) is 9.43. The molecule has 3 aromatic rings. The number of nitrogens with one attached hydrogen (secondary N) is 1. The number of fused-ring (bicyclic) bond motifs is 1. The van der Waals surface area contributed by atoms with Crippen LogP contribution in [-0.4, -0.2) is 61.4 Å². The summed E-state index contributed by atoms with van der Waals surface area (Å²) in [6.07, 6.45) is 4.79. The molecule has 1 unspecified atom stereocenters. The molecular weight excluding hydrogens is 459 g/mol. The van der Waals surface area contributed by atoms with E-state index in [2.05, 4.69) is 20.2 Å². The molecule has 3 heterocycles. The van der Waals surface area contributed by atoms with Crippen molar-refractivity contribution < 1.29 is 18.6 Å². The van der Waals surface area contributed by atoms with Crippen LogP contribution in [0, 0.1) is 11.2 Å². The first-order valence-corrected chi connectivity index (χ1v) is 11.9. The van der Waals surface area contributed by atoms with Gasteiger partial charge in [-0.05, 0) is 50.1 Å². The summed E-state index contributed by atoms with van der Waals surface area (Å²) in [7, 11) is 1.61. The number of rotatable bonds is 8. The van der Waals surface area contributed by atoms with Crippen molar-refractivity contribution in [2.24, 2.45) is 5.41 Å². The summed E-state index contributed by atoms with van der Waals surface area (Å²) in [4.78, 5) is 11.2. The molecule has 0 amide bonds. The monoisotopic (exact) mass is 486 g/mol. The highest BCUT2D eigenvalue weighted by molar-refractivity contribution is 6.31. The number of aromatic nitrogens is 2. The molecule has 34 heavy (non-hydrogen) atoms. The summed E-state index contributed by atoms with van der Waals surface area (Å²) in [6, 6.07) is 8.15. The zero-order valence-corrected chi connectivity index (χ0v) is 19.9. The van der Waals surface area contributed by atoms with E-state index in [4.69, 9.17) is 25.8 Å². The van der Waals surface area contributed by atoms with E-state index in [0.29, 0.717) is 40.5 Å². The van der Waals surface area contributed by atoms with Gasteiger partial charge in [0.2, 0.25) is 0 Å². The van der Waals surface area contributed by atoms with Crippen LogP contribution in [0.25, 0.3) is 10.9 Å². The maximum Gasteiger partial charge on any atom is 0.162 e. The van der Waals surface area contributed by atoms with Crippen molar-refractivity contribution in [1.82, 2.24) is 14.9 Å². The van der Waals surface area contributed by atoms with E-state index in [1.807, 2.05) is 12.1 Å². The average molecular weight is 487 g/mol. The van der Waals surface area contributed by atoms with E-state index in [-0.39, 0.29) is 5.02 Å². The lowest BCUT2D eigenvalue weighted by atomic mass is 9.87. The third-order valence-corrected chi connectivity index (χ3v) is 6.97. The number of likely N-dealkylation sites (tertiary alicyclic amines) is 1. The van der Waals surface area contributed by atoms with Gasteiger partial charge in [0, 0.05) is 42.3 Å². The fourth-order valence-corrected chi connectivity index (χ4v) is 4.99. The first-order valence-electron chi connectivity index (χ1n) is 11.5. The van der Waals surface area contributed by atoms with E-state index in [9.17, 15) is 4.39 Å². The molecule has 0 aliphatic carbocycles. The molecule has 0 bridgehead atoms. The molecule has 2 aromatic carbocycles. The van der Waals surface area contributed by atoms with Crippen LogP contribution in [0.5, 0.6) is 11.5 Å². The molecule has 2 saturated heterocycles. The van der Waals surface area contributed by atoms with Gasteiger partial charge in [-0.2, -0.15) is 0 Å². The first kappa shape index (κ1) is 23.1. The molecule has 2 aliphatic heterocycles. The highest BCUT2D eigenvalue weighted by Crippen LogP contribution is 2.38. The third kappa shape index (κ3) is 4.89. The molecule has 2 fully saturated rings. The fourth-order valence-electron chi connectivity index (χ4n) is 4.81. The maximum atomic E-state index is 13.5. The first-order chi connectivity index (χ1) is 16.5. The maximum absolute atomic E-state index is 13.5. The van der Waals surface area contributed by atoms with E-state index in [1.165, 1.54) is 31.3 Å². The van der Waals surface area contributed by atoms with Crippen molar-refractivity contribution in [3.05, 3.63) is 47.5 Å². The zero-order chi connectivity index (χ0) is 23.5. The molecule has 5 rings (SSSR count). The van der Waals surface area contributed by atoms with Crippen molar-refractivity contribution in [2.45, 2.75) is 19.3 Å². The summed E-state index contributed by atoms with van der Waals surface area (Å²) in [5, 5.41) is 4.00. The Morgan fingerprint density at radius 1 is 1.21 bits per heavy atom. The molecular formula is C25H28ClFN4O3. The van der Waals surface area contributed by atoms with Gasteiger partial charge in [0.1, 0.15) is 18.0 Å². The number of ether oxygens (including phenoxy) is 3. The third-order valence-electron chi connectivity index (χ3n) is 6.68. The topological polar surface area (TPSA) is 68.7 Å². The predicted molar refractivity (Wildman–Crippen MR) is 130 cm³/mol. The number of hydrogen-bond acceptors (Lipinski definition) is 7. The predicted octanol–water partition coefficient (Wildman–Crippen LogP) is 5.06. The molecule has 0 saturated carbocycles. The van der Waals surface area contributed by atoms with Crippen LogP contribution < -0.4 is 14.8 Å². The van der Waals surface area contributed by atoms with E-state index in [1.54, 1.807) is 13.2 Å². The smallest absolute Gasteiger partial charge is 0.162 e. The lowest BCUT2D eigenvalue weighted by Gasteiger charge is -2.22. The summed E-state index contributed by atoms with van der Waals surface area (Å²) in [5.74, 6) is 1.35. The van der Waals surface area contributed by atoms with Crippen molar-refractivity contribution in [3.63, 3.8) is 0 Å². The second-order valence-electron chi connectivity index (χ2n) is 9.03. The lowest BCUT2D eigenvalue weighted by Crippen LogP contribution is -2.28. The standard InChI is InChI=1S/C25H28ClFN4O3/c1-32-22-13-21-18(24(29-16-28-21)30-17-3-4-20(27)19(26)11-17)12-23(22)34-9-2-7-31-8-5-25(14-31)6-10-33-15-25/h3-4,11-13,16H,2,5-10,14-15H2,1H3,(H,28,29,30). The number of methoxy groups -OCH3 is 1. The summed E-state index contributed by atoms with van der Waals surface area (Å²) >= 11 is 5.92. The molecule has 9 heteroatoms. The number of halogens is 2. The van der Waals surface area contributed by atoms with Crippen LogP contribution in [0.1, 0.15) is 19.3 Å². The normalized spacial score (nSPS) is 20.3. The Hall–Kier alpha value is -2.68. The van der Waals surface area contributed by atoms with Crippen molar-refractivity contribution in [2.75, 3.05) is 51.9 Å². The van der Waals surface area contributed by atoms with Crippen molar-refractivity contribution in [3.8, 4) is 11.5 Å². The fraction of sp³-hybridized carbons (Fsp3) is 0.440. The van der Waals surface area contributed by atoms with E-state index < -0.39 is 5.82 Å². The molecule has 1 spiro atoms. The minimum absolute atomic E-state index is 0.0402. The molecule has 2 aliphatic rings. The number of anilines is 2. The highest BCUT2D eigenvalue weighted by Gasteiger charge is 2.40. The minimum atomic E-state index is -0.471. The van der Waals surface area contributed by atoms with Gasteiger partial charge in [-0.3, -0.25) is 0 Å². The van der Waals surface area contributed by atoms with Gasteiger partial charge in [0.15, 0.2) is 11.5 Å². The highest BCUT2D eigenvalue weighted by atomic mass is 35.5. The van der Waals surface area contributed by atoms with Crippen molar-refractivity contribution in [1.29, 1.82) is 0 Å². The lowest BCUT2D eigenvalue weighted by molar-refractivity contribution is 0.151. The number of hydrogen-bond donors (Lipinski definition) is 1. The largest absolute Gasteiger partial charge is 0.493 e. The van der Waals surface area contributed by atoms with Gasteiger partial charge in [0.05, 0.1) is 30.9 Å². The van der Waals surface area contributed by atoms with Gasteiger partial charge >= 0.3 is 0 Å². The van der Waals surface area contributed by atoms with E-state index in [0.717, 1.165) is 44.7 Å². The van der Waals surface area contributed by atoms with Crippen molar-refractivity contribution >= 4 is 34.0 Å². The van der Waals surface area contributed by atoms with Crippen LogP contribution in [-0.2, 0) is 4.74 Å². The minimum Gasteiger partial charge on any atom is -0.493 e. The van der Waals surface area contributed by atoms with Gasteiger partial charge < -0.3 is 24.4 Å². The van der Waals surface area contributed by atoms with Crippen LogP contribution >= 0.6 is 11.6 Å². The molecule has 180 valence electrons. The zero-order valence-electron chi connectivity index (χ0n) is 19.2. The van der Waals surface area contributed by atoms with Gasteiger partial charge in [-0.15, -0.1) is 0 Å². The van der Waals surface area contributed by atoms with Crippen LogP contribution in [0.15, 0.2) is 36.7 Å². The number of nitrogens with zero attached hydrogens (tertiary/aromatic N) is 3. The number of benzene rings is 2. The Balaban J connectivity index is 1.27. The molecule has 7 nitrogen and oxygen atoms in total. The van der Waals surface area contributed by atoms with E-state index >= 15 is 0 Å².